The van der Waals surface area contributed by atoms with Gasteiger partial charge in [-0.05, 0) is 31.4 Å². The predicted octanol–water partition coefficient (Wildman–Crippen LogP) is 2.76. The lowest BCUT2D eigenvalue weighted by Gasteiger charge is -2.21. The molecule has 2 aromatic heterocycles. The van der Waals surface area contributed by atoms with Crippen LogP contribution in [0, 0.1) is 0 Å². The second-order valence-corrected chi connectivity index (χ2v) is 6.05. The largest absolute Gasteiger partial charge is 0.497 e. The van der Waals surface area contributed by atoms with Gasteiger partial charge in [-0.3, -0.25) is 9.67 Å². The van der Waals surface area contributed by atoms with Gasteiger partial charge in [0.1, 0.15) is 11.6 Å². The first-order chi connectivity index (χ1) is 11.8. The Balaban J connectivity index is 1.62. The molecule has 2 N–H and O–H groups in total. The zero-order chi connectivity index (χ0) is 16.5. The molecule has 0 fully saturated rings. The number of nitrogens with zero attached hydrogens (tertiary/aromatic N) is 4. The van der Waals surface area contributed by atoms with E-state index in [0.29, 0.717) is 5.95 Å². The van der Waals surface area contributed by atoms with Crippen LogP contribution in [0.15, 0.2) is 30.5 Å². The Morgan fingerprint density at radius 3 is 3.12 bits per heavy atom. The summed E-state index contributed by atoms with van der Waals surface area (Å²) in [5.41, 5.74) is 3.38. The fraction of sp³-hybridized carbons (Fsp3) is 0.353. The molecule has 1 aromatic carbocycles. The topological polar surface area (TPSA) is 80.7 Å². The minimum Gasteiger partial charge on any atom is -0.497 e. The average Bonchev–Trinajstić information content (AvgIpc) is 3.22. The number of aryl methyl sites for hydroxylation is 1. The van der Waals surface area contributed by atoms with E-state index >= 15 is 0 Å². The summed E-state index contributed by atoms with van der Waals surface area (Å²) in [6.45, 7) is 0. The summed E-state index contributed by atoms with van der Waals surface area (Å²) in [7, 11) is 3.65. The number of aromatic amines is 1. The van der Waals surface area contributed by atoms with E-state index in [1.54, 1.807) is 7.11 Å². The molecule has 1 aliphatic carbocycles. The van der Waals surface area contributed by atoms with Crippen LogP contribution in [0.4, 0.5) is 11.6 Å². The number of anilines is 2. The van der Waals surface area contributed by atoms with Crippen LogP contribution in [0.25, 0.3) is 0 Å². The van der Waals surface area contributed by atoms with E-state index in [9.17, 15) is 0 Å². The highest BCUT2D eigenvalue weighted by molar-refractivity contribution is 5.56. The molecule has 0 bridgehead atoms. The van der Waals surface area contributed by atoms with E-state index in [4.69, 9.17) is 4.74 Å². The van der Waals surface area contributed by atoms with Gasteiger partial charge in [-0.1, -0.05) is 6.07 Å². The van der Waals surface area contributed by atoms with Crippen LogP contribution >= 0.6 is 0 Å². The van der Waals surface area contributed by atoms with Crippen molar-refractivity contribution in [3.05, 3.63) is 47.5 Å². The maximum absolute atomic E-state index is 5.26. The highest BCUT2D eigenvalue weighted by Gasteiger charge is 2.27. The second kappa shape index (κ2) is 5.99. The molecule has 124 valence electrons. The molecule has 1 aliphatic rings. The minimum atomic E-state index is 0.242. The van der Waals surface area contributed by atoms with E-state index in [2.05, 4.69) is 25.7 Å². The monoisotopic (exact) mass is 324 g/mol. The van der Waals surface area contributed by atoms with Gasteiger partial charge in [-0.2, -0.15) is 5.10 Å². The van der Waals surface area contributed by atoms with E-state index in [0.717, 1.165) is 36.5 Å². The normalized spacial score (nSPS) is 16.7. The molecule has 7 nitrogen and oxygen atoms in total. The van der Waals surface area contributed by atoms with E-state index < -0.39 is 0 Å². The van der Waals surface area contributed by atoms with Gasteiger partial charge in [-0.15, -0.1) is 10.2 Å². The molecule has 0 radical (unpaired) electrons. The summed E-state index contributed by atoms with van der Waals surface area (Å²) in [5.74, 6) is 2.72. The van der Waals surface area contributed by atoms with Gasteiger partial charge in [-0.25, -0.2) is 0 Å². The Kier molecular flexibility index (Phi) is 3.68. The van der Waals surface area contributed by atoms with Crippen molar-refractivity contribution in [3.8, 4) is 5.75 Å². The Bertz CT molecular complexity index is 852. The smallest absolute Gasteiger partial charge is 0.228 e. The van der Waals surface area contributed by atoms with Crippen LogP contribution in [-0.2, 0) is 13.5 Å². The first-order valence-electron chi connectivity index (χ1n) is 8.09. The third-order valence-corrected chi connectivity index (χ3v) is 4.59. The predicted molar refractivity (Wildman–Crippen MR) is 90.6 cm³/mol. The summed E-state index contributed by atoms with van der Waals surface area (Å²) < 4.78 is 7.28. The summed E-state index contributed by atoms with van der Waals surface area (Å²) in [5, 5.41) is 19.4. The number of fused-ring (bicyclic) bond motifs is 1. The first kappa shape index (κ1) is 14.7. The highest BCUT2D eigenvalue weighted by Crippen LogP contribution is 2.35. The van der Waals surface area contributed by atoms with Crippen LogP contribution in [0.5, 0.6) is 5.75 Å². The van der Waals surface area contributed by atoms with Crippen molar-refractivity contribution in [2.45, 2.75) is 25.2 Å². The first-order valence-corrected chi connectivity index (χ1v) is 8.09. The van der Waals surface area contributed by atoms with Crippen molar-refractivity contribution >= 4 is 11.6 Å². The summed E-state index contributed by atoms with van der Waals surface area (Å²) >= 11 is 0. The van der Waals surface area contributed by atoms with Crippen LogP contribution in [0.1, 0.15) is 35.8 Å². The lowest BCUT2D eigenvalue weighted by Crippen LogP contribution is -2.14. The quantitative estimate of drug-likeness (QED) is 0.771. The van der Waals surface area contributed by atoms with Gasteiger partial charge in [0.25, 0.3) is 0 Å². The van der Waals surface area contributed by atoms with Gasteiger partial charge in [0, 0.05) is 36.0 Å². The molecular weight excluding hydrogens is 304 g/mol. The van der Waals surface area contributed by atoms with Crippen LogP contribution in [-0.4, -0.2) is 32.1 Å². The Morgan fingerprint density at radius 2 is 2.25 bits per heavy atom. The SMILES string of the molecule is COc1cccc(Nc2nnc(C3CCCc4[nH]ncc43)n2C)c1. The number of rotatable bonds is 4. The van der Waals surface area contributed by atoms with E-state index in [-0.39, 0.29) is 5.92 Å². The number of methoxy groups -OCH3 is 1. The van der Waals surface area contributed by atoms with E-state index in [1.165, 1.54) is 11.3 Å². The molecule has 0 saturated carbocycles. The lowest BCUT2D eigenvalue weighted by molar-refractivity contribution is 0.415. The number of aromatic nitrogens is 5. The average molecular weight is 324 g/mol. The van der Waals surface area contributed by atoms with Crippen LogP contribution in [0.2, 0.25) is 0 Å². The third kappa shape index (κ3) is 2.51. The molecule has 0 spiro atoms. The summed E-state index contributed by atoms with van der Waals surface area (Å²) in [4.78, 5) is 0. The number of nitrogens with one attached hydrogen (secondary N) is 2. The Hall–Kier alpha value is -2.83. The molecule has 0 amide bonds. The Labute approximate surface area is 140 Å². The lowest BCUT2D eigenvalue weighted by atomic mass is 9.86. The highest BCUT2D eigenvalue weighted by atomic mass is 16.5. The molecule has 0 saturated heterocycles. The number of benzene rings is 1. The van der Waals surface area contributed by atoms with Crippen LogP contribution < -0.4 is 10.1 Å². The van der Waals surface area contributed by atoms with Gasteiger partial charge in [0.15, 0.2) is 0 Å². The summed E-state index contributed by atoms with van der Waals surface area (Å²) in [6, 6.07) is 7.77. The number of ether oxygens (including phenoxy) is 1. The van der Waals surface area contributed by atoms with Gasteiger partial charge in [0.05, 0.1) is 13.3 Å². The molecule has 1 unspecified atom stereocenters. The number of hydrogen-bond donors (Lipinski definition) is 2. The Morgan fingerprint density at radius 1 is 1.33 bits per heavy atom. The molecule has 3 aromatic rings. The molecule has 4 rings (SSSR count). The zero-order valence-corrected chi connectivity index (χ0v) is 13.8. The maximum Gasteiger partial charge on any atom is 0.228 e. The van der Waals surface area contributed by atoms with Crippen molar-refractivity contribution in [3.63, 3.8) is 0 Å². The zero-order valence-electron chi connectivity index (χ0n) is 13.8. The second-order valence-electron chi connectivity index (χ2n) is 6.05. The van der Waals surface area contributed by atoms with Crippen molar-refractivity contribution in [1.29, 1.82) is 0 Å². The van der Waals surface area contributed by atoms with Crippen molar-refractivity contribution in [1.82, 2.24) is 25.0 Å². The molecule has 0 aliphatic heterocycles. The fourth-order valence-electron chi connectivity index (χ4n) is 3.31. The van der Waals surface area contributed by atoms with Gasteiger partial charge >= 0.3 is 0 Å². The molecule has 24 heavy (non-hydrogen) atoms. The van der Waals surface area contributed by atoms with Crippen molar-refractivity contribution in [2.24, 2.45) is 7.05 Å². The third-order valence-electron chi connectivity index (χ3n) is 4.59. The fourth-order valence-corrected chi connectivity index (χ4v) is 3.31. The molecule has 2 heterocycles. The van der Waals surface area contributed by atoms with Crippen LogP contribution in [0.3, 0.4) is 0 Å². The van der Waals surface area contributed by atoms with Crippen molar-refractivity contribution in [2.75, 3.05) is 12.4 Å². The number of H-pyrrole nitrogens is 1. The van der Waals surface area contributed by atoms with Crippen molar-refractivity contribution < 1.29 is 4.74 Å². The maximum atomic E-state index is 5.26. The standard InChI is InChI=1S/C17H20N6O/c1-23-16(13-7-4-8-15-14(13)10-18-20-15)21-22-17(23)19-11-5-3-6-12(9-11)24-2/h3,5-6,9-10,13H,4,7-8H2,1-2H3,(H,18,20)(H,19,22). The molecule has 1 atom stereocenters. The van der Waals surface area contributed by atoms with E-state index in [1.807, 2.05) is 42.1 Å². The number of hydrogen-bond acceptors (Lipinski definition) is 5. The minimum absolute atomic E-state index is 0.242. The van der Waals surface area contributed by atoms with Gasteiger partial charge in [0.2, 0.25) is 5.95 Å². The molecule has 7 heteroatoms. The summed E-state index contributed by atoms with van der Waals surface area (Å²) in [6.07, 6.45) is 5.17. The van der Waals surface area contributed by atoms with Gasteiger partial charge < -0.3 is 10.1 Å². The molecular formula is C17H20N6O.